The van der Waals surface area contributed by atoms with E-state index in [0.29, 0.717) is 0 Å². The minimum Gasteiger partial charge on any atom is -0.349 e. The molecule has 138 valence electrons. The van der Waals surface area contributed by atoms with Crippen LogP contribution in [0.3, 0.4) is 0 Å². The van der Waals surface area contributed by atoms with E-state index >= 15 is 0 Å². The molecule has 1 atom stereocenters. The second-order valence-corrected chi connectivity index (χ2v) is 8.42. The van der Waals surface area contributed by atoms with Crippen LogP contribution in [0.4, 0.5) is 5.69 Å². The van der Waals surface area contributed by atoms with Crippen molar-refractivity contribution in [1.29, 1.82) is 0 Å². The summed E-state index contributed by atoms with van der Waals surface area (Å²) in [5.41, 5.74) is 3.71. The first-order valence-corrected chi connectivity index (χ1v) is 10.4. The van der Waals surface area contributed by atoms with E-state index in [-0.39, 0.29) is 0 Å². The van der Waals surface area contributed by atoms with Gasteiger partial charge in [0.2, 0.25) is 0 Å². The first-order chi connectivity index (χ1) is 12.1. The van der Waals surface area contributed by atoms with E-state index in [4.69, 9.17) is 12.2 Å². The summed E-state index contributed by atoms with van der Waals surface area (Å²) in [6, 6.07) is 8.10. The first-order valence-electron chi connectivity index (χ1n) is 10.0. The van der Waals surface area contributed by atoms with Crippen LogP contribution in [0.15, 0.2) is 18.2 Å². The molecule has 3 rings (SSSR count). The quantitative estimate of drug-likeness (QED) is 0.807. The number of likely N-dealkylation sites (tertiary alicyclic amines) is 1. The Kier molecular flexibility index (Phi) is 6.34. The molecule has 1 aromatic carbocycles. The van der Waals surface area contributed by atoms with Gasteiger partial charge in [-0.15, -0.1) is 0 Å². The van der Waals surface area contributed by atoms with Gasteiger partial charge in [-0.25, -0.2) is 0 Å². The third-order valence-corrected chi connectivity index (χ3v) is 6.75. The van der Waals surface area contributed by atoms with E-state index in [2.05, 4.69) is 49.3 Å². The Morgan fingerprint density at radius 2 is 1.56 bits per heavy atom. The van der Waals surface area contributed by atoms with Crippen LogP contribution in [0, 0.1) is 13.8 Å². The average molecular weight is 361 g/mol. The van der Waals surface area contributed by atoms with Crippen LogP contribution in [0.2, 0.25) is 0 Å². The van der Waals surface area contributed by atoms with Crippen LogP contribution in [-0.2, 0) is 0 Å². The number of hydrogen-bond acceptors (Lipinski definition) is 1. The van der Waals surface area contributed by atoms with Gasteiger partial charge in [0.1, 0.15) is 0 Å². The molecule has 0 bridgehead atoms. The number of anilines is 1. The number of quaternary nitrogens is 1. The van der Waals surface area contributed by atoms with Crippen LogP contribution in [-0.4, -0.2) is 42.2 Å². The lowest BCUT2D eigenvalue weighted by Gasteiger charge is -2.39. The number of hydrogen-bond donors (Lipinski definition) is 2. The zero-order chi connectivity index (χ0) is 17.8. The highest BCUT2D eigenvalue weighted by atomic mass is 32.1. The maximum atomic E-state index is 5.71. The fourth-order valence-electron chi connectivity index (χ4n) is 4.63. The molecule has 1 saturated heterocycles. The summed E-state index contributed by atoms with van der Waals surface area (Å²) in [4.78, 5) is 4.15. The summed E-state index contributed by atoms with van der Waals surface area (Å²) in [5.74, 6) is 0. The van der Waals surface area contributed by atoms with Gasteiger partial charge in [0.05, 0.1) is 19.1 Å². The number of para-hydroxylation sites is 1. The van der Waals surface area contributed by atoms with E-state index in [1.165, 1.54) is 61.8 Å². The van der Waals surface area contributed by atoms with E-state index in [0.717, 1.165) is 30.3 Å². The lowest BCUT2D eigenvalue weighted by atomic mass is 9.92. The van der Waals surface area contributed by atoms with Crippen molar-refractivity contribution in [2.45, 2.75) is 70.9 Å². The molecule has 1 heterocycles. The molecule has 2 fully saturated rings. The van der Waals surface area contributed by atoms with E-state index < -0.39 is 0 Å². The molecule has 1 aliphatic carbocycles. The minimum atomic E-state index is 0.808. The first kappa shape index (κ1) is 18.7. The largest absolute Gasteiger partial charge is 0.349 e. The summed E-state index contributed by atoms with van der Waals surface area (Å²) in [6.07, 6.45) is 9.70. The van der Waals surface area contributed by atoms with Crippen molar-refractivity contribution >= 4 is 23.0 Å². The lowest BCUT2D eigenvalue weighted by molar-refractivity contribution is -0.933. The highest BCUT2D eigenvalue weighted by molar-refractivity contribution is 7.80. The smallest absolute Gasteiger partial charge is 0.173 e. The molecule has 1 aromatic rings. The summed E-state index contributed by atoms with van der Waals surface area (Å²) in [5, 5.41) is 4.40. The fraction of sp³-hybridized carbons (Fsp3) is 0.667. The van der Waals surface area contributed by atoms with Crippen molar-refractivity contribution in [3.05, 3.63) is 29.3 Å². The Morgan fingerprint density at radius 3 is 2.16 bits per heavy atom. The number of nitrogens with zero attached hydrogens (tertiary/aromatic N) is 1. The van der Waals surface area contributed by atoms with Crippen LogP contribution < -0.4 is 10.2 Å². The van der Waals surface area contributed by atoms with Gasteiger partial charge in [0, 0.05) is 31.6 Å². The van der Waals surface area contributed by atoms with Gasteiger partial charge < -0.3 is 15.1 Å². The number of thiocarbonyl (C=S) groups is 1. The van der Waals surface area contributed by atoms with Gasteiger partial charge in [-0.3, -0.25) is 0 Å². The molecule has 2 N–H and O–H groups in total. The standard InChI is InChI=1S/C21H33N3S/c1-16-8-7-9-17(2)20(16)22-21(25)24-14-12-19(13-15-24)23(3)18-10-5-4-6-11-18/h7-9,18-19H,4-6,10-15H2,1-3H3,(H,22,25)/p+1. The molecule has 2 aliphatic rings. The number of rotatable bonds is 3. The van der Waals surface area contributed by atoms with Crippen LogP contribution >= 0.6 is 12.2 Å². The van der Waals surface area contributed by atoms with Gasteiger partial charge in [0.25, 0.3) is 0 Å². The molecule has 1 aliphatic heterocycles. The van der Waals surface area contributed by atoms with Crippen molar-refractivity contribution in [3.63, 3.8) is 0 Å². The molecule has 0 radical (unpaired) electrons. The molecule has 0 amide bonds. The Hall–Kier alpha value is -1.13. The topological polar surface area (TPSA) is 19.7 Å². The molecule has 25 heavy (non-hydrogen) atoms. The predicted molar refractivity (Wildman–Crippen MR) is 110 cm³/mol. The van der Waals surface area contributed by atoms with Gasteiger partial charge in [-0.1, -0.05) is 24.6 Å². The molecule has 1 unspecified atom stereocenters. The Balaban J connectivity index is 1.52. The molecular formula is C21H34N3S+. The van der Waals surface area contributed by atoms with E-state index in [1.54, 1.807) is 4.90 Å². The highest BCUT2D eigenvalue weighted by Crippen LogP contribution is 2.21. The van der Waals surface area contributed by atoms with Crippen LogP contribution in [0.25, 0.3) is 0 Å². The highest BCUT2D eigenvalue weighted by Gasteiger charge is 2.31. The monoisotopic (exact) mass is 360 g/mol. The van der Waals surface area contributed by atoms with Crippen LogP contribution in [0.5, 0.6) is 0 Å². The Morgan fingerprint density at radius 1 is 1.00 bits per heavy atom. The second-order valence-electron chi connectivity index (χ2n) is 8.04. The summed E-state index contributed by atoms with van der Waals surface area (Å²) in [6.45, 7) is 6.47. The lowest BCUT2D eigenvalue weighted by Crippen LogP contribution is -3.17. The average Bonchev–Trinajstić information content (AvgIpc) is 2.65. The van der Waals surface area contributed by atoms with Crippen LogP contribution in [0.1, 0.15) is 56.1 Å². The summed E-state index contributed by atoms with van der Waals surface area (Å²) >= 11 is 5.71. The third kappa shape index (κ3) is 4.53. The van der Waals surface area contributed by atoms with E-state index in [1.807, 2.05) is 0 Å². The Labute approximate surface area is 158 Å². The molecular weight excluding hydrogens is 326 g/mol. The van der Waals surface area contributed by atoms with Gasteiger partial charge in [-0.2, -0.15) is 0 Å². The van der Waals surface area contributed by atoms with E-state index in [9.17, 15) is 0 Å². The minimum absolute atomic E-state index is 0.808. The zero-order valence-corrected chi connectivity index (χ0v) is 16.9. The Bertz CT molecular complexity index is 567. The molecule has 3 nitrogen and oxygen atoms in total. The SMILES string of the molecule is Cc1cccc(C)c1NC(=S)N1CCC([NH+](C)C2CCCCC2)CC1. The number of piperidine rings is 1. The van der Waals surface area contributed by atoms with Crippen molar-refractivity contribution < 1.29 is 4.90 Å². The van der Waals surface area contributed by atoms with Crippen molar-refractivity contribution in [3.8, 4) is 0 Å². The maximum absolute atomic E-state index is 5.71. The predicted octanol–water partition coefficient (Wildman–Crippen LogP) is 3.31. The number of nitrogens with one attached hydrogen (secondary N) is 2. The van der Waals surface area contributed by atoms with Gasteiger partial charge in [-0.05, 0) is 62.9 Å². The number of aryl methyl sites for hydroxylation is 2. The van der Waals surface area contributed by atoms with Gasteiger partial charge in [0.15, 0.2) is 5.11 Å². The van der Waals surface area contributed by atoms with Crippen molar-refractivity contribution in [2.24, 2.45) is 0 Å². The maximum Gasteiger partial charge on any atom is 0.173 e. The zero-order valence-electron chi connectivity index (χ0n) is 16.1. The second kappa shape index (κ2) is 8.50. The van der Waals surface area contributed by atoms with Gasteiger partial charge >= 0.3 is 0 Å². The van der Waals surface area contributed by atoms with Crippen molar-refractivity contribution in [1.82, 2.24) is 4.90 Å². The third-order valence-electron chi connectivity index (χ3n) is 6.39. The molecule has 0 aromatic heterocycles. The number of benzene rings is 1. The van der Waals surface area contributed by atoms with Crippen molar-refractivity contribution in [2.75, 3.05) is 25.5 Å². The summed E-state index contributed by atoms with van der Waals surface area (Å²) in [7, 11) is 2.43. The fourth-order valence-corrected chi connectivity index (χ4v) is 4.91. The molecule has 0 spiro atoms. The normalized spacial score (nSPS) is 21.2. The molecule has 4 heteroatoms. The summed E-state index contributed by atoms with van der Waals surface area (Å²) < 4.78 is 0. The molecule has 1 saturated carbocycles.